The van der Waals surface area contributed by atoms with Gasteiger partial charge >= 0.3 is 5.97 Å². The first kappa shape index (κ1) is 39.0. The van der Waals surface area contributed by atoms with Gasteiger partial charge in [0.2, 0.25) is 5.91 Å². The Bertz CT molecular complexity index is 961. The van der Waals surface area contributed by atoms with Crippen molar-refractivity contribution >= 4 is 25.4 Å². The zero-order valence-corrected chi connectivity index (χ0v) is 27.8. The zero-order chi connectivity index (χ0) is 31.8. The summed E-state index contributed by atoms with van der Waals surface area (Å²) in [6.07, 6.45) is 22.4. The topological polar surface area (TPSA) is 125 Å². The second-order valence-electron chi connectivity index (χ2n) is 12.4. The van der Waals surface area contributed by atoms with Gasteiger partial charge in [0.15, 0.2) is 0 Å². The standard InChI is InChI=1S/C33H57N2O7P/c1-35(2,3)27-29-42-43(39,40)41-28-19-17-15-13-11-9-7-5-4-6-8-10-12-14-16-18-20-30-21-23-31(24-22-30)34-32(36)25-26-33(37)38/h21-26H,4-20,27-29H2,1-3H3,(H2-,34,36,37,38,39,40)/b26-25-. The Labute approximate surface area is 260 Å². The van der Waals surface area contributed by atoms with E-state index in [4.69, 9.17) is 14.2 Å². The summed E-state index contributed by atoms with van der Waals surface area (Å²) in [5, 5.41) is 11.2. The number of unbranched alkanes of at least 4 members (excludes halogenated alkanes) is 15. The number of hydrogen-bond donors (Lipinski definition) is 2. The fraction of sp³-hybridized carbons (Fsp3) is 0.697. The second-order valence-corrected chi connectivity index (χ2v) is 13.8. The molecule has 0 aliphatic rings. The van der Waals surface area contributed by atoms with E-state index >= 15 is 0 Å². The first-order chi connectivity index (χ1) is 20.5. The summed E-state index contributed by atoms with van der Waals surface area (Å²) < 4.78 is 22.3. The van der Waals surface area contributed by atoms with E-state index in [-0.39, 0.29) is 13.2 Å². The van der Waals surface area contributed by atoms with Gasteiger partial charge in [0.25, 0.3) is 7.82 Å². The summed E-state index contributed by atoms with van der Waals surface area (Å²) in [4.78, 5) is 33.8. The fourth-order valence-corrected chi connectivity index (χ4v) is 5.36. The third-order valence-corrected chi connectivity index (χ3v) is 8.22. The van der Waals surface area contributed by atoms with Crippen LogP contribution in [0.1, 0.15) is 108 Å². The van der Waals surface area contributed by atoms with Crippen molar-refractivity contribution in [2.75, 3.05) is 46.2 Å². The lowest BCUT2D eigenvalue weighted by Gasteiger charge is -2.27. The number of carboxylic acids is 1. The van der Waals surface area contributed by atoms with Gasteiger partial charge in [-0.25, -0.2) is 4.79 Å². The highest BCUT2D eigenvalue weighted by atomic mass is 31.2. The molecule has 1 amide bonds. The average molecular weight is 625 g/mol. The maximum atomic E-state index is 11.7. The van der Waals surface area contributed by atoms with Crippen molar-refractivity contribution in [2.45, 2.75) is 109 Å². The average Bonchev–Trinajstić information content (AvgIpc) is 2.93. The van der Waals surface area contributed by atoms with Crippen molar-refractivity contribution in [3.8, 4) is 0 Å². The van der Waals surface area contributed by atoms with Gasteiger partial charge in [-0.2, -0.15) is 0 Å². The predicted molar refractivity (Wildman–Crippen MR) is 172 cm³/mol. The Balaban J connectivity index is 1.85. The van der Waals surface area contributed by atoms with E-state index in [0.717, 1.165) is 44.3 Å². The van der Waals surface area contributed by atoms with Crippen molar-refractivity contribution in [1.29, 1.82) is 0 Å². The van der Waals surface area contributed by atoms with Crippen LogP contribution in [0.25, 0.3) is 0 Å². The molecular weight excluding hydrogens is 567 g/mol. The summed E-state index contributed by atoms with van der Waals surface area (Å²) in [5.74, 6) is -1.60. The number of carboxylic acid groups (broad SMARTS) is 1. The quantitative estimate of drug-likeness (QED) is 0.0457. The molecular formula is C33H57N2O7P. The Hall–Kier alpha value is -2.03. The largest absolute Gasteiger partial charge is 0.756 e. The first-order valence-corrected chi connectivity index (χ1v) is 17.6. The van der Waals surface area contributed by atoms with Crippen LogP contribution in [0.5, 0.6) is 0 Å². The van der Waals surface area contributed by atoms with Crippen LogP contribution < -0.4 is 10.2 Å². The van der Waals surface area contributed by atoms with Gasteiger partial charge in [0.1, 0.15) is 13.2 Å². The van der Waals surface area contributed by atoms with Gasteiger partial charge in [-0.1, -0.05) is 102 Å². The second kappa shape index (κ2) is 23.4. The van der Waals surface area contributed by atoms with Gasteiger partial charge in [-0.3, -0.25) is 9.36 Å². The Morgan fingerprint density at radius 1 is 0.744 bits per heavy atom. The number of phosphoric acid groups is 1. The number of carbonyl (C=O) groups excluding carboxylic acids is 1. The van der Waals surface area contributed by atoms with Gasteiger partial charge in [-0.15, -0.1) is 0 Å². The van der Waals surface area contributed by atoms with E-state index in [9.17, 15) is 19.0 Å². The molecule has 246 valence electrons. The van der Waals surface area contributed by atoms with E-state index in [1.807, 2.05) is 45.4 Å². The van der Waals surface area contributed by atoms with Crippen LogP contribution in [0, 0.1) is 0 Å². The van der Waals surface area contributed by atoms with Crippen LogP contribution >= 0.6 is 7.82 Å². The number of carbonyl (C=O) groups is 2. The van der Waals surface area contributed by atoms with Crippen LogP contribution in [-0.4, -0.2) is 62.4 Å². The van der Waals surface area contributed by atoms with Crippen molar-refractivity contribution in [3.63, 3.8) is 0 Å². The number of nitrogens with zero attached hydrogens (tertiary/aromatic N) is 1. The van der Waals surface area contributed by atoms with Crippen LogP contribution in [0.2, 0.25) is 0 Å². The minimum atomic E-state index is -4.17. The molecule has 0 aliphatic heterocycles. The number of phosphoric ester groups is 1. The molecule has 0 heterocycles. The molecule has 43 heavy (non-hydrogen) atoms. The molecule has 1 aromatic carbocycles. The van der Waals surface area contributed by atoms with Gasteiger partial charge in [0, 0.05) is 17.8 Å². The lowest BCUT2D eigenvalue weighted by molar-refractivity contribution is -0.870. The van der Waals surface area contributed by atoms with Gasteiger partial charge < -0.3 is 28.8 Å². The smallest absolute Gasteiger partial charge is 0.328 e. The number of hydrogen-bond acceptors (Lipinski definition) is 6. The number of quaternary nitrogens is 1. The molecule has 0 radical (unpaired) electrons. The molecule has 1 atom stereocenters. The summed E-state index contributed by atoms with van der Waals surface area (Å²) in [7, 11) is 1.79. The third-order valence-electron chi connectivity index (χ3n) is 7.22. The minimum Gasteiger partial charge on any atom is -0.756 e. The Morgan fingerprint density at radius 3 is 1.65 bits per heavy atom. The number of rotatable bonds is 27. The van der Waals surface area contributed by atoms with Crippen LogP contribution in [-0.2, 0) is 29.6 Å². The molecule has 1 unspecified atom stereocenters. The minimum absolute atomic E-state index is 0.148. The van der Waals surface area contributed by atoms with Crippen molar-refractivity contribution in [1.82, 2.24) is 0 Å². The molecule has 0 bridgehead atoms. The van der Waals surface area contributed by atoms with E-state index in [0.29, 0.717) is 16.7 Å². The summed E-state index contributed by atoms with van der Waals surface area (Å²) in [5.41, 5.74) is 1.90. The number of aryl methyl sites for hydroxylation is 1. The van der Waals surface area contributed by atoms with E-state index in [1.54, 1.807) is 0 Å². The molecule has 1 aromatic rings. The SMILES string of the molecule is C[N+](C)(C)CCOP(=O)([O-])OCCCCCCCCCCCCCCCCCCc1ccc(NC(=O)/C=C\C(=O)O)cc1. The van der Waals surface area contributed by atoms with Crippen molar-refractivity contribution in [3.05, 3.63) is 42.0 Å². The fourth-order valence-electron chi connectivity index (χ4n) is 4.63. The molecule has 0 fully saturated rings. The number of aliphatic carboxylic acids is 1. The van der Waals surface area contributed by atoms with E-state index in [1.165, 1.54) is 82.6 Å². The summed E-state index contributed by atoms with van der Waals surface area (Å²) in [6.45, 7) is 0.971. The summed E-state index contributed by atoms with van der Waals surface area (Å²) in [6, 6.07) is 7.72. The lowest BCUT2D eigenvalue weighted by atomic mass is 10.0. The number of benzene rings is 1. The lowest BCUT2D eigenvalue weighted by Crippen LogP contribution is -2.37. The Kier molecular flexibility index (Phi) is 21.2. The molecule has 1 rings (SSSR count). The van der Waals surface area contributed by atoms with Crippen LogP contribution in [0.3, 0.4) is 0 Å². The molecule has 0 saturated heterocycles. The van der Waals surface area contributed by atoms with Gasteiger partial charge in [0.05, 0.1) is 27.7 Å². The van der Waals surface area contributed by atoms with Gasteiger partial charge in [-0.05, 0) is 37.0 Å². The molecule has 10 heteroatoms. The molecule has 2 N–H and O–H groups in total. The number of likely N-dealkylation sites (N-methyl/N-ethyl adjacent to an activating group) is 1. The number of amides is 1. The van der Waals surface area contributed by atoms with E-state index < -0.39 is 19.7 Å². The highest BCUT2D eigenvalue weighted by molar-refractivity contribution is 7.45. The normalized spacial score (nSPS) is 13.3. The van der Waals surface area contributed by atoms with Crippen molar-refractivity contribution in [2.24, 2.45) is 0 Å². The first-order valence-electron chi connectivity index (χ1n) is 16.2. The monoisotopic (exact) mass is 624 g/mol. The molecule has 0 aliphatic carbocycles. The molecule has 0 saturated carbocycles. The Morgan fingerprint density at radius 2 is 1.19 bits per heavy atom. The summed E-state index contributed by atoms with van der Waals surface area (Å²) >= 11 is 0. The maximum absolute atomic E-state index is 11.7. The highest BCUT2D eigenvalue weighted by Gasteiger charge is 2.13. The number of anilines is 1. The third kappa shape index (κ3) is 25.0. The molecule has 0 spiro atoms. The molecule has 9 nitrogen and oxygen atoms in total. The van der Waals surface area contributed by atoms with E-state index in [2.05, 4.69) is 5.32 Å². The number of nitrogens with one attached hydrogen (secondary N) is 1. The maximum Gasteiger partial charge on any atom is 0.328 e. The molecule has 0 aromatic heterocycles. The van der Waals surface area contributed by atoms with Crippen LogP contribution in [0.4, 0.5) is 5.69 Å². The zero-order valence-electron chi connectivity index (χ0n) is 26.9. The van der Waals surface area contributed by atoms with Crippen LogP contribution in [0.15, 0.2) is 36.4 Å². The highest BCUT2D eigenvalue weighted by Crippen LogP contribution is 2.38. The van der Waals surface area contributed by atoms with Crippen molar-refractivity contribution < 1.29 is 37.7 Å². The predicted octanol–water partition coefficient (Wildman–Crippen LogP) is 7.26.